The Balaban J connectivity index is 1.87. The maximum atomic E-state index is 12.5. The second-order valence-corrected chi connectivity index (χ2v) is 6.69. The molecule has 0 atom stereocenters. The zero-order chi connectivity index (χ0) is 14.3. The van der Waals surface area contributed by atoms with Gasteiger partial charge in [-0.05, 0) is 37.8 Å². The molecule has 20 heavy (non-hydrogen) atoms. The lowest BCUT2D eigenvalue weighted by Crippen LogP contribution is -2.45. The lowest BCUT2D eigenvalue weighted by atomic mass is 9.91. The highest BCUT2D eigenvalue weighted by Gasteiger charge is 2.52. The molecule has 0 saturated heterocycles. The number of carbonyl (C=O) groups excluding carboxylic acids is 2. The number of hydrogen-bond acceptors (Lipinski definition) is 4. The van der Waals surface area contributed by atoms with E-state index in [1.165, 1.54) is 10.4 Å². The molecule has 1 aliphatic heterocycles. The van der Waals surface area contributed by atoms with Gasteiger partial charge in [0.05, 0.1) is 11.5 Å². The average molecular weight is 293 g/mol. The summed E-state index contributed by atoms with van der Waals surface area (Å²) in [5.74, 6) is -0.317. The number of carbonyl (C=O) groups is 2. The van der Waals surface area contributed by atoms with E-state index in [2.05, 4.69) is 13.0 Å². The molecular formula is C15H19NO3S. The standard InChI is InChI=1S/C15H19NO3S/c1-3-10-7-11-13(20-10)14(18)16(8-12(17)19-4-2)9-15(11)5-6-15/h7H,3-6,8-9H2,1-2H3. The van der Waals surface area contributed by atoms with Crippen molar-refractivity contribution in [2.75, 3.05) is 19.7 Å². The molecule has 1 saturated carbocycles. The molecule has 5 heteroatoms. The predicted octanol–water partition coefficient (Wildman–Crippen LogP) is 2.36. The summed E-state index contributed by atoms with van der Waals surface area (Å²) in [6.07, 6.45) is 3.19. The summed E-state index contributed by atoms with van der Waals surface area (Å²) in [6, 6.07) is 2.20. The monoisotopic (exact) mass is 293 g/mol. The van der Waals surface area contributed by atoms with Crippen molar-refractivity contribution in [1.29, 1.82) is 0 Å². The molecule has 0 N–H and O–H groups in total. The molecular weight excluding hydrogens is 274 g/mol. The predicted molar refractivity (Wildman–Crippen MR) is 77.1 cm³/mol. The Morgan fingerprint density at radius 2 is 2.20 bits per heavy atom. The van der Waals surface area contributed by atoms with Gasteiger partial charge in [-0.25, -0.2) is 0 Å². The maximum Gasteiger partial charge on any atom is 0.325 e. The Labute approximate surface area is 122 Å². The summed E-state index contributed by atoms with van der Waals surface area (Å²) in [5.41, 5.74) is 1.35. The fourth-order valence-electron chi connectivity index (χ4n) is 2.90. The van der Waals surface area contributed by atoms with Crippen molar-refractivity contribution in [2.45, 2.75) is 38.5 Å². The van der Waals surface area contributed by atoms with Crippen molar-refractivity contribution < 1.29 is 14.3 Å². The minimum atomic E-state index is -0.313. The number of aryl methyl sites for hydroxylation is 1. The van der Waals surface area contributed by atoms with Gasteiger partial charge in [-0.3, -0.25) is 9.59 Å². The van der Waals surface area contributed by atoms with Crippen molar-refractivity contribution in [2.24, 2.45) is 0 Å². The van der Waals surface area contributed by atoms with Crippen molar-refractivity contribution >= 4 is 23.2 Å². The molecule has 2 aliphatic rings. The molecule has 0 aromatic carbocycles. The number of thiophene rings is 1. The minimum Gasteiger partial charge on any atom is -0.465 e. The molecule has 0 bridgehead atoms. The third kappa shape index (κ3) is 2.14. The van der Waals surface area contributed by atoms with Crippen LogP contribution in [-0.2, 0) is 21.4 Å². The lowest BCUT2D eigenvalue weighted by molar-refractivity contribution is -0.143. The highest BCUT2D eigenvalue weighted by atomic mass is 32.1. The van der Waals surface area contributed by atoms with Crippen LogP contribution in [0.5, 0.6) is 0 Å². The topological polar surface area (TPSA) is 46.6 Å². The van der Waals surface area contributed by atoms with Crippen LogP contribution < -0.4 is 0 Å². The highest BCUT2D eigenvalue weighted by Crippen LogP contribution is 2.54. The molecule has 1 amide bonds. The van der Waals surface area contributed by atoms with Crippen LogP contribution in [0.25, 0.3) is 0 Å². The quantitative estimate of drug-likeness (QED) is 0.801. The SMILES string of the molecule is CCOC(=O)CN1CC2(CC2)c2cc(CC)sc2C1=O. The van der Waals surface area contributed by atoms with E-state index in [1.807, 2.05) is 0 Å². The first-order chi connectivity index (χ1) is 9.59. The molecule has 108 valence electrons. The van der Waals surface area contributed by atoms with Gasteiger partial charge in [-0.2, -0.15) is 0 Å². The van der Waals surface area contributed by atoms with Crippen LogP contribution in [0.1, 0.15) is 46.8 Å². The third-order valence-corrected chi connectivity index (χ3v) is 5.42. The van der Waals surface area contributed by atoms with E-state index >= 15 is 0 Å². The summed E-state index contributed by atoms with van der Waals surface area (Å²) in [5, 5.41) is 0. The smallest absolute Gasteiger partial charge is 0.325 e. The van der Waals surface area contributed by atoms with Crippen molar-refractivity contribution in [3.05, 3.63) is 21.4 Å². The van der Waals surface area contributed by atoms with Gasteiger partial charge in [0.2, 0.25) is 0 Å². The first kappa shape index (κ1) is 13.6. The second kappa shape index (κ2) is 4.88. The van der Waals surface area contributed by atoms with Gasteiger partial charge in [-0.1, -0.05) is 6.92 Å². The van der Waals surface area contributed by atoms with Crippen LogP contribution in [0.3, 0.4) is 0 Å². The van der Waals surface area contributed by atoms with Gasteiger partial charge < -0.3 is 9.64 Å². The third-order valence-electron chi connectivity index (χ3n) is 4.16. The summed E-state index contributed by atoms with van der Waals surface area (Å²) in [4.78, 5) is 27.9. The largest absolute Gasteiger partial charge is 0.465 e. The van der Waals surface area contributed by atoms with Gasteiger partial charge in [0.1, 0.15) is 6.54 Å². The van der Waals surface area contributed by atoms with E-state index in [4.69, 9.17) is 4.74 Å². The summed E-state index contributed by atoms with van der Waals surface area (Å²) < 4.78 is 4.97. The molecule has 1 aromatic heterocycles. The summed E-state index contributed by atoms with van der Waals surface area (Å²) in [7, 11) is 0. The van der Waals surface area contributed by atoms with E-state index < -0.39 is 0 Å². The number of amides is 1. The highest BCUT2D eigenvalue weighted by molar-refractivity contribution is 7.14. The molecule has 1 aliphatic carbocycles. The Morgan fingerprint density at radius 3 is 2.80 bits per heavy atom. The maximum absolute atomic E-state index is 12.5. The molecule has 1 spiro atoms. The summed E-state index contributed by atoms with van der Waals surface area (Å²) in [6.45, 7) is 4.99. The zero-order valence-electron chi connectivity index (χ0n) is 11.9. The van der Waals surface area contributed by atoms with E-state index in [-0.39, 0.29) is 23.8 Å². The van der Waals surface area contributed by atoms with E-state index in [9.17, 15) is 9.59 Å². The van der Waals surface area contributed by atoms with E-state index in [1.54, 1.807) is 23.2 Å². The van der Waals surface area contributed by atoms with Gasteiger partial charge in [-0.15, -0.1) is 11.3 Å². The molecule has 0 unspecified atom stereocenters. The Kier molecular flexibility index (Phi) is 3.32. The minimum absolute atomic E-state index is 0.00437. The second-order valence-electron chi connectivity index (χ2n) is 5.56. The molecule has 3 rings (SSSR count). The van der Waals surface area contributed by atoms with Gasteiger partial charge in [0, 0.05) is 16.8 Å². The Morgan fingerprint density at radius 1 is 1.45 bits per heavy atom. The van der Waals surface area contributed by atoms with Gasteiger partial charge >= 0.3 is 5.97 Å². The van der Waals surface area contributed by atoms with Gasteiger partial charge in [0.15, 0.2) is 0 Å². The van der Waals surface area contributed by atoms with Gasteiger partial charge in [0.25, 0.3) is 5.91 Å². The van der Waals surface area contributed by atoms with Crippen LogP contribution in [0.2, 0.25) is 0 Å². The Bertz CT molecular complexity index is 559. The molecule has 1 fully saturated rings. The first-order valence-electron chi connectivity index (χ1n) is 7.17. The zero-order valence-corrected chi connectivity index (χ0v) is 12.7. The van der Waals surface area contributed by atoms with Crippen LogP contribution in [0, 0.1) is 0 Å². The normalized spacial score (nSPS) is 19.1. The number of nitrogens with zero attached hydrogens (tertiary/aromatic N) is 1. The number of rotatable bonds is 4. The lowest BCUT2D eigenvalue weighted by Gasteiger charge is -2.32. The van der Waals surface area contributed by atoms with Crippen molar-refractivity contribution in [3.63, 3.8) is 0 Å². The Hall–Kier alpha value is -1.36. The van der Waals surface area contributed by atoms with Crippen LogP contribution in [0.4, 0.5) is 0 Å². The molecule has 2 heterocycles. The number of hydrogen-bond donors (Lipinski definition) is 0. The fourth-order valence-corrected chi connectivity index (χ4v) is 4.09. The molecule has 4 nitrogen and oxygen atoms in total. The van der Waals surface area contributed by atoms with Crippen LogP contribution >= 0.6 is 11.3 Å². The molecule has 1 aromatic rings. The first-order valence-corrected chi connectivity index (χ1v) is 7.99. The van der Waals surface area contributed by atoms with E-state index in [0.29, 0.717) is 13.2 Å². The molecule has 0 radical (unpaired) electrons. The van der Waals surface area contributed by atoms with Crippen molar-refractivity contribution in [1.82, 2.24) is 4.90 Å². The number of fused-ring (bicyclic) bond motifs is 2. The number of ether oxygens (including phenoxy) is 1. The average Bonchev–Trinajstić information content (AvgIpc) is 3.04. The van der Waals surface area contributed by atoms with Crippen LogP contribution in [0.15, 0.2) is 6.07 Å². The van der Waals surface area contributed by atoms with Crippen LogP contribution in [-0.4, -0.2) is 36.5 Å². The van der Waals surface area contributed by atoms with Crippen molar-refractivity contribution in [3.8, 4) is 0 Å². The van der Waals surface area contributed by atoms with E-state index in [0.717, 1.165) is 24.1 Å². The summed E-state index contributed by atoms with van der Waals surface area (Å²) >= 11 is 1.59. The fraction of sp³-hybridized carbons (Fsp3) is 0.600. The number of esters is 1.